The van der Waals surface area contributed by atoms with Crippen molar-refractivity contribution < 1.29 is 22.7 Å². The van der Waals surface area contributed by atoms with Crippen molar-refractivity contribution in [3.8, 4) is 11.8 Å². The van der Waals surface area contributed by atoms with E-state index < -0.39 is 21.2 Å². The summed E-state index contributed by atoms with van der Waals surface area (Å²) in [5.74, 6) is -0.200. The fourth-order valence-electron chi connectivity index (χ4n) is 1.32. The zero-order chi connectivity index (χ0) is 15.9. The van der Waals surface area contributed by atoms with Crippen molar-refractivity contribution in [3.63, 3.8) is 0 Å². The Morgan fingerprint density at radius 1 is 1.48 bits per heavy atom. The first-order valence-corrected chi connectivity index (χ1v) is 7.73. The maximum absolute atomic E-state index is 11.7. The van der Waals surface area contributed by atoms with Gasteiger partial charge in [0.15, 0.2) is 11.9 Å². The van der Waals surface area contributed by atoms with Crippen molar-refractivity contribution in [1.82, 2.24) is 0 Å². The quantitative estimate of drug-likeness (QED) is 0.760. The number of carbonyl (C=O) groups excluding carboxylic acids is 1. The van der Waals surface area contributed by atoms with Gasteiger partial charge in [-0.1, -0.05) is 6.07 Å². The standard InChI is InChI=1S/C13H16N2O5S/c1-3-19-13(16)9-20-12-6-4-5-11(7-12)15-21(17,18)10(2)8-14/h4-7,10,15H,3,9H2,1-2H3. The first-order chi connectivity index (χ1) is 9.89. The molecule has 1 N–H and O–H groups in total. The van der Waals surface area contributed by atoms with E-state index >= 15 is 0 Å². The van der Waals surface area contributed by atoms with E-state index in [1.807, 2.05) is 0 Å². The Kier molecular flexibility index (Phi) is 5.99. The summed E-state index contributed by atoms with van der Waals surface area (Å²) in [5, 5.41) is 7.47. The molecule has 1 aromatic carbocycles. The number of ether oxygens (including phenoxy) is 2. The Hall–Kier alpha value is -2.27. The van der Waals surface area contributed by atoms with Crippen molar-refractivity contribution in [2.45, 2.75) is 19.1 Å². The molecule has 1 rings (SSSR count). The van der Waals surface area contributed by atoms with Crippen LogP contribution in [0.25, 0.3) is 0 Å². The number of esters is 1. The molecule has 1 aromatic rings. The van der Waals surface area contributed by atoms with Gasteiger partial charge in [-0.15, -0.1) is 0 Å². The van der Waals surface area contributed by atoms with Gasteiger partial charge in [0, 0.05) is 6.07 Å². The highest BCUT2D eigenvalue weighted by atomic mass is 32.2. The number of sulfonamides is 1. The van der Waals surface area contributed by atoms with Gasteiger partial charge in [0.1, 0.15) is 5.75 Å². The van der Waals surface area contributed by atoms with Gasteiger partial charge in [0.2, 0.25) is 10.0 Å². The van der Waals surface area contributed by atoms with Gasteiger partial charge in [-0.25, -0.2) is 13.2 Å². The number of rotatable bonds is 7. The summed E-state index contributed by atoms with van der Waals surface area (Å²) in [6.07, 6.45) is 0. The van der Waals surface area contributed by atoms with Crippen LogP contribution in [0.15, 0.2) is 24.3 Å². The molecule has 0 fully saturated rings. The van der Waals surface area contributed by atoms with Crippen molar-refractivity contribution in [3.05, 3.63) is 24.3 Å². The zero-order valence-electron chi connectivity index (χ0n) is 11.7. The minimum atomic E-state index is -3.78. The van der Waals surface area contributed by atoms with Gasteiger partial charge in [-0.2, -0.15) is 5.26 Å². The summed E-state index contributed by atoms with van der Waals surface area (Å²) in [6.45, 7) is 2.96. The number of anilines is 1. The van der Waals surface area contributed by atoms with Gasteiger partial charge >= 0.3 is 5.97 Å². The molecule has 0 saturated heterocycles. The summed E-state index contributed by atoms with van der Waals surface area (Å²) in [6, 6.07) is 7.72. The summed E-state index contributed by atoms with van der Waals surface area (Å²) >= 11 is 0. The Labute approximate surface area is 123 Å². The van der Waals surface area contributed by atoms with E-state index in [0.717, 1.165) is 0 Å². The lowest BCUT2D eigenvalue weighted by Gasteiger charge is -2.11. The van der Waals surface area contributed by atoms with Crippen LogP contribution in [0, 0.1) is 11.3 Å². The highest BCUT2D eigenvalue weighted by molar-refractivity contribution is 7.93. The minimum absolute atomic E-state index is 0.249. The third-order valence-electron chi connectivity index (χ3n) is 2.40. The maximum atomic E-state index is 11.7. The van der Waals surface area contributed by atoms with E-state index in [9.17, 15) is 13.2 Å². The summed E-state index contributed by atoms with van der Waals surface area (Å²) in [7, 11) is -3.78. The molecule has 0 aromatic heterocycles. The van der Waals surface area contributed by atoms with Crippen molar-refractivity contribution in [2.75, 3.05) is 17.9 Å². The van der Waals surface area contributed by atoms with Gasteiger partial charge in [-0.3, -0.25) is 4.72 Å². The second kappa shape index (κ2) is 7.50. The molecule has 0 radical (unpaired) electrons. The SMILES string of the molecule is CCOC(=O)COc1cccc(NS(=O)(=O)C(C)C#N)c1. The first-order valence-electron chi connectivity index (χ1n) is 6.18. The molecular formula is C13H16N2O5S. The van der Waals surface area contributed by atoms with Crippen molar-refractivity contribution in [2.24, 2.45) is 0 Å². The molecule has 0 spiro atoms. The lowest BCUT2D eigenvalue weighted by molar-refractivity contribution is -0.145. The molecular weight excluding hydrogens is 296 g/mol. The predicted octanol–water partition coefficient (Wildman–Crippen LogP) is 1.28. The fraction of sp³-hybridized carbons (Fsp3) is 0.385. The first kappa shape index (κ1) is 16.8. The van der Waals surface area contributed by atoms with Gasteiger partial charge in [0.05, 0.1) is 18.4 Å². The number of nitrogens with zero attached hydrogens (tertiary/aromatic N) is 1. The Morgan fingerprint density at radius 3 is 2.81 bits per heavy atom. The molecule has 1 atom stereocenters. The van der Waals surface area contributed by atoms with Crippen LogP contribution >= 0.6 is 0 Å². The van der Waals surface area contributed by atoms with Gasteiger partial charge < -0.3 is 9.47 Å². The largest absolute Gasteiger partial charge is 0.482 e. The third kappa shape index (κ3) is 5.31. The van der Waals surface area contributed by atoms with Crippen LogP contribution in [0.5, 0.6) is 5.75 Å². The summed E-state index contributed by atoms with van der Waals surface area (Å²) in [4.78, 5) is 11.2. The second-order valence-electron chi connectivity index (χ2n) is 4.04. The van der Waals surface area contributed by atoms with Crippen molar-refractivity contribution >= 4 is 21.7 Å². The van der Waals surface area contributed by atoms with Gasteiger partial charge in [-0.05, 0) is 26.0 Å². The smallest absolute Gasteiger partial charge is 0.344 e. The summed E-state index contributed by atoms with van der Waals surface area (Å²) < 4.78 is 35.7. The van der Waals surface area contributed by atoms with E-state index in [1.54, 1.807) is 25.1 Å². The molecule has 8 heteroatoms. The lowest BCUT2D eigenvalue weighted by Crippen LogP contribution is -2.23. The number of nitriles is 1. The molecule has 0 bridgehead atoms. The van der Waals surface area contributed by atoms with Gasteiger partial charge in [0.25, 0.3) is 0 Å². The highest BCUT2D eigenvalue weighted by Crippen LogP contribution is 2.19. The molecule has 0 aliphatic carbocycles. The van der Waals surface area contributed by atoms with E-state index in [-0.39, 0.29) is 18.9 Å². The number of hydrogen-bond acceptors (Lipinski definition) is 6. The molecule has 114 valence electrons. The Balaban J connectivity index is 2.73. The second-order valence-corrected chi connectivity index (χ2v) is 6.04. The molecule has 0 aliphatic heterocycles. The van der Waals surface area contributed by atoms with Crippen LogP contribution in [0.2, 0.25) is 0 Å². The summed E-state index contributed by atoms with van der Waals surface area (Å²) in [5.41, 5.74) is 0.249. The Bertz CT molecular complexity index is 636. The number of carbonyl (C=O) groups is 1. The third-order valence-corrected chi connectivity index (χ3v) is 3.96. The van der Waals surface area contributed by atoms with E-state index in [2.05, 4.69) is 4.72 Å². The van der Waals surface area contributed by atoms with E-state index in [1.165, 1.54) is 19.1 Å². The fourth-order valence-corrected chi connectivity index (χ4v) is 2.09. The topological polar surface area (TPSA) is 105 Å². The van der Waals surface area contributed by atoms with Crippen LogP contribution in [0.3, 0.4) is 0 Å². The maximum Gasteiger partial charge on any atom is 0.344 e. The van der Waals surface area contributed by atoms with Crippen LogP contribution in [-0.4, -0.2) is 32.9 Å². The van der Waals surface area contributed by atoms with E-state index in [4.69, 9.17) is 14.7 Å². The van der Waals surface area contributed by atoms with Crippen LogP contribution < -0.4 is 9.46 Å². The zero-order valence-corrected chi connectivity index (χ0v) is 12.5. The molecule has 7 nitrogen and oxygen atoms in total. The molecule has 0 heterocycles. The molecule has 0 saturated carbocycles. The highest BCUT2D eigenvalue weighted by Gasteiger charge is 2.20. The average Bonchev–Trinajstić information content (AvgIpc) is 2.44. The number of nitrogens with one attached hydrogen (secondary N) is 1. The number of hydrogen-bond donors (Lipinski definition) is 1. The molecule has 0 aliphatic rings. The van der Waals surface area contributed by atoms with E-state index in [0.29, 0.717) is 5.75 Å². The van der Waals surface area contributed by atoms with Crippen LogP contribution in [0.4, 0.5) is 5.69 Å². The van der Waals surface area contributed by atoms with Crippen LogP contribution in [0.1, 0.15) is 13.8 Å². The Morgan fingerprint density at radius 2 is 2.19 bits per heavy atom. The normalized spacial score (nSPS) is 12.0. The lowest BCUT2D eigenvalue weighted by atomic mass is 10.3. The van der Waals surface area contributed by atoms with Crippen LogP contribution in [-0.2, 0) is 19.6 Å². The number of benzene rings is 1. The molecule has 21 heavy (non-hydrogen) atoms. The predicted molar refractivity (Wildman–Crippen MR) is 76.2 cm³/mol. The molecule has 0 amide bonds. The molecule has 1 unspecified atom stereocenters. The van der Waals surface area contributed by atoms with Crippen molar-refractivity contribution in [1.29, 1.82) is 5.26 Å². The monoisotopic (exact) mass is 312 g/mol. The average molecular weight is 312 g/mol. The minimum Gasteiger partial charge on any atom is -0.482 e.